The van der Waals surface area contributed by atoms with Crippen molar-refractivity contribution in [1.82, 2.24) is 15.5 Å². The minimum Gasteiger partial charge on any atom is -0.496 e. The van der Waals surface area contributed by atoms with Crippen LogP contribution in [-0.2, 0) is 16.1 Å². The lowest BCUT2D eigenvalue weighted by Gasteiger charge is -2.18. The molecule has 0 aliphatic carbocycles. The van der Waals surface area contributed by atoms with E-state index in [9.17, 15) is 9.59 Å². The molecule has 0 aromatic heterocycles. The van der Waals surface area contributed by atoms with Gasteiger partial charge >= 0.3 is 0 Å². The van der Waals surface area contributed by atoms with Gasteiger partial charge < -0.3 is 15.4 Å². The first-order valence-corrected chi connectivity index (χ1v) is 6.82. The standard InChI is InChI=1S/C14H20ClN3O3/c1-16-13(19)7-17-14(20)9-18(2)8-10-6-11(15)4-5-12(10)21-3/h4-6H,7-9H2,1-3H3,(H,16,19)(H,17,20). The van der Waals surface area contributed by atoms with Gasteiger partial charge in [0, 0.05) is 24.2 Å². The first-order chi connectivity index (χ1) is 9.96. The van der Waals surface area contributed by atoms with E-state index in [0.29, 0.717) is 11.6 Å². The summed E-state index contributed by atoms with van der Waals surface area (Å²) in [5, 5.41) is 5.59. The number of halogens is 1. The third-order valence-electron chi connectivity index (χ3n) is 2.82. The van der Waals surface area contributed by atoms with Crippen LogP contribution < -0.4 is 15.4 Å². The van der Waals surface area contributed by atoms with E-state index in [1.807, 2.05) is 4.90 Å². The smallest absolute Gasteiger partial charge is 0.239 e. The summed E-state index contributed by atoms with van der Waals surface area (Å²) in [5.41, 5.74) is 0.895. The highest BCUT2D eigenvalue weighted by Gasteiger charge is 2.11. The molecule has 0 spiro atoms. The number of hydrogen-bond acceptors (Lipinski definition) is 4. The fraction of sp³-hybridized carbons (Fsp3) is 0.429. The summed E-state index contributed by atoms with van der Waals surface area (Å²) < 4.78 is 5.26. The monoisotopic (exact) mass is 313 g/mol. The van der Waals surface area contributed by atoms with E-state index in [1.54, 1.807) is 32.4 Å². The van der Waals surface area contributed by atoms with Crippen molar-refractivity contribution in [2.24, 2.45) is 0 Å². The van der Waals surface area contributed by atoms with E-state index in [-0.39, 0.29) is 24.9 Å². The Bertz CT molecular complexity index is 508. The third kappa shape index (κ3) is 6.01. The van der Waals surface area contributed by atoms with Gasteiger partial charge in [-0.05, 0) is 25.2 Å². The predicted molar refractivity (Wildman–Crippen MR) is 81.4 cm³/mol. The molecule has 116 valence electrons. The van der Waals surface area contributed by atoms with E-state index in [0.717, 1.165) is 11.3 Å². The Balaban J connectivity index is 2.53. The van der Waals surface area contributed by atoms with Crippen molar-refractivity contribution in [3.05, 3.63) is 28.8 Å². The van der Waals surface area contributed by atoms with Crippen molar-refractivity contribution in [2.75, 3.05) is 34.3 Å². The van der Waals surface area contributed by atoms with Crippen LogP contribution in [0.25, 0.3) is 0 Å². The maximum absolute atomic E-state index is 11.7. The van der Waals surface area contributed by atoms with Crippen LogP contribution >= 0.6 is 11.6 Å². The van der Waals surface area contributed by atoms with Crippen molar-refractivity contribution in [3.8, 4) is 5.75 Å². The second-order valence-electron chi connectivity index (χ2n) is 4.58. The molecule has 6 nitrogen and oxygen atoms in total. The maximum atomic E-state index is 11.7. The van der Waals surface area contributed by atoms with Gasteiger partial charge in [-0.2, -0.15) is 0 Å². The molecule has 2 N–H and O–H groups in total. The van der Waals surface area contributed by atoms with Crippen LogP contribution in [-0.4, -0.2) is 51.0 Å². The molecule has 1 aromatic rings. The van der Waals surface area contributed by atoms with Crippen LogP contribution in [0.15, 0.2) is 18.2 Å². The van der Waals surface area contributed by atoms with Crippen LogP contribution in [0.5, 0.6) is 5.75 Å². The lowest BCUT2D eigenvalue weighted by atomic mass is 10.2. The number of likely N-dealkylation sites (N-methyl/N-ethyl adjacent to an activating group) is 2. The van der Waals surface area contributed by atoms with Gasteiger partial charge in [0.2, 0.25) is 11.8 Å². The normalized spacial score (nSPS) is 10.3. The average Bonchev–Trinajstić information content (AvgIpc) is 2.44. The zero-order chi connectivity index (χ0) is 15.8. The molecule has 2 amide bonds. The summed E-state index contributed by atoms with van der Waals surface area (Å²) in [6.07, 6.45) is 0. The molecular formula is C14H20ClN3O3. The van der Waals surface area contributed by atoms with Gasteiger partial charge in [-0.1, -0.05) is 11.6 Å². The molecule has 0 aliphatic rings. The summed E-state index contributed by atoms with van der Waals surface area (Å²) in [4.78, 5) is 24.6. The number of benzene rings is 1. The van der Waals surface area contributed by atoms with Crippen LogP contribution in [0.3, 0.4) is 0 Å². The highest BCUT2D eigenvalue weighted by atomic mass is 35.5. The van der Waals surface area contributed by atoms with Crippen molar-refractivity contribution < 1.29 is 14.3 Å². The fourth-order valence-corrected chi connectivity index (χ4v) is 1.98. The lowest BCUT2D eigenvalue weighted by molar-refractivity contribution is -0.126. The van der Waals surface area contributed by atoms with E-state index < -0.39 is 0 Å². The molecule has 0 heterocycles. The fourth-order valence-electron chi connectivity index (χ4n) is 1.79. The van der Waals surface area contributed by atoms with Crippen LogP contribution in [0.4, 0.5) is 0 Å². The molecule has 0 saturated heterocycles. The first-order valence-electron chi connectivity index (χ1n) is 6.44. The molecule has 0 aliphatic heterocycles. The van der Waals surface area contributed by atoms with Gasteiger partial charge in [-0.15, -0.1) is 0 Å². The van der Waals surface area contributed by atoms with Gasteiger partial charge in [0.25, 0.3) is 0 Å². The maximum Gasteiger partial charge on any atom is 0.239 e. The summed E-state index contributed by atoms with van der Waals surface area (Å²) in [7, 11) is 4.91. The molecule has 0 atom stereocenters. The largest absolute Gasteiger partial charge is 0.496 e. The number of nitrogens with one attached hydrogen (secondary N) is 2. The van der Waals surface area contributed by atoms with Crippen LogP contribution in [0.1, 0.15) is 5.56 Å². The Kier molecular flexibility index (Phi) is 6.98. The van der Waals surface area contributed by atoms with Crippen LogP contribution in [0, 0.1) is 0 Å². The third-order valence-corrected chi connectivity index (χ3v) is 3.06. The molecule has 0 bridgehead atoms. The Labute approximate surface area is 129 Å². The number of ether oxygens (including phenoxy) is 1. The summed E-state index contributed by atoms with van der Waals surface area (Å²) in [6, 6.07) is 5.34. The number of methoxy groups -OCH3 is 1. The molecular weight excluding hydrogens is 294 g/mol. The van der Waals surface area contributed by atoms with Crippen molar-refractivity contribution in [2.45, 2.75) is 6.54 Å². The Morgan fingerprint density at radius 3 is 2.67 bits per heavy atom. The van der Waals surface area contributed by atoms with Crippen molar-refractivity contribution in [1.29, 1.82) is 0 Å². The molecule has 0 fully saturated rings. The Morgan fingerprint density at radius 1 is 1.33 bits per heavy atom. The predicted octanol–water partition coefficient (Wildman–Crippen LogP) is 0.643. The second kappa shape index (κ2) is 8.49. The van der Waals surface area contributed by atoms with Gasteiger partial charge in [0.1, 0.15) is 5.75 Å². The molecule has 0 unspecified atom stereocenters. The SMILES string of the molecule is CNC(=O)CNC(=O)CN(C)Cc1cc(Cl)ccc1OC. The van der Waals surface area contributed by atoms with E-state index in [4.69, 9.17) is 16.3 Å². The molecule has 0 saturated carbocycles. The molecule has 0 radical (unpaired) electrons. The second-order valence-corrected chi connectivity index (χ2v) is 5.01. The minimum absolute atomic E-state index is 0.0241. The van der Waals surface area contributed by atoms with E-state index >= 15 is 0 Å². The summed E-state index contributed by atoms with van der Waals surface area (Å²) >= 11 is 5.97. The summed E-state index contributed by atoms with van der Waals surface area (Å²) in [6.45, 7) is 0.660. The van der Waals surface area contributed by atoms with Crippen LogP contribution in [0.2, 0.25) is 5.02 Å². The van der Waals surface area contributed by atoms with Gasteiger partial charge in [0.15, 0.2) is 0 Å². The van der Waals surface area contributed by atoms with E-state index in [1.165, 1.54) is 7.05 Å². The average molecular weight is 314 g/mol. The van der Waals surface area contributed by atoms with Gasteiger partial charge in [-0.25, -0.2) is 0 Å². The zero-order valence-electron chi connectivity index (χ0n) is 12.4. The molecule has 7 heteroatoms. The number of carbonyl (C=O) groups is 2. The minimum atomic E-state index is -0.234. The van der Waals surface area contributed by atoms with Crippen molar-refractivity contribution >= 4 is 23.4 Å². The Morgan fingerprint density at radius 2 is 2.05 bits per heavy atom. The number of nitrogens with zero attached hydrogens (tertiary/aromatic N) is 1. The molecule has 1 rings (SSSR count). The number of amides is 2. The highest BCUT2D eigenvalue weighted by Crippen LogP contribution is 2.23. The lowest BCUT2D eigenvalue weighted by Crippen LogP contribution is -2.40. The Hall–Kier alpha value is -1.79. The summed E-state index contributed by atoms with van der Waals surface area (Å²) in [5.74, 6) is 0.265. The quantitative estimate of drug-likeness (QED) is 0.775. The number of rotatable bonds is 7. The number of hydrogen-bond donors (Lipinski definition) is 2. The zero-order valence-corrected chi connectivity index (χ0v) is 13.2. The molecule has 1 aromatic carbocycles. The van der Waals surface area contributed by atoms with Gasteiger partial charge in [0.05, 0.1) is 20.2 Å². The highest BCUT2D eigenvalue weighted by molar-refractivity contribution is 6.30. The topological polar surface area (TPSA) is 70.7 Å². The van der Waals surface area contributed by atoms with E-state index in [2.05, 4.69) is 10.6 Å². The molecule has 21 heavy (non-hydrogen) atoms. The number of carbonyl (C=O) groups excluding carboxylic acids is 2. The first kappa shape index (κ1) is 17.3. The van der Waals surface area contributed by atoms with Gasteiger partial charge in [-0.3, -0.25) is 14.5 Å². The van der Waals surface area contributed by atoms with Crippen molar-refractivity contribution in [3.63, 3.8) is 0 Å².